The summed E-state index contributed by atoms with van der Waals surface area (Å²) in [6.07, 6.45) is 8.18. The van der Waals surface area contributed by atoms with E-state index in [0.29, 0.717) is 0 Å². The number of allylic oxidation sites excluding steroid dienone is 2. The van der Waals surface area contributed by atoms with Crippen LogP contribution in [0.15, 0.2) is 53.7 Å². The summed E-state index contributed by atoms with van der Waals surface area (Å²) in [4.78, 5) is 17.3. The van der Waals surface area contributed by atoms with E-state index < -0.39 is 6.17 Å². The molecule has 2 heterocycles. The van der Waals surface area contributed by atoms with Crippen molar-refractivity contribution in [1.29, 1.82) is 0 Å². The number of fused-ring (bicyclic) bond motifs is 2. The first-order chi connectivity index (χ1) is 7.90. The number of hydrogen-bond donors (Lipinski definition) is 0. The second-order valence-corrected chi connectivity index (χ2v) is 3.69. The van der Waals surface area contributed by atoms with Crippen molar-refractivity contribution in [3.05, 3.63) is 59.3 Å². The van der Waals surface area contributed by atoms with Crippen molar-refractivity contribution >= 4 is 12.0 Å². The first-order valence-electron chi connectivity index (χ1n) is 5.16. The van der Waals surface area contributed by atoms with Crippen LogP contribution in [0.5, 0.6) is 0 Å². The third kappa shape index (κ3) is 1.21. The highest BCUT2D eigenvalue weighted by Gasteiger charge is 2.21. The number of carbonyl (C=O) groups is 1. The van der Waals surface area contributed by atoms with E-state index in [1.165, 1.54) is 0 Å². The molecule has 0 bridgehead atoms. The normalized spacial score (nSPS) is 21.1. The SMILES string of the molecule is O=CC1N=c2ccccc2=C2C=CC=CN21. The highest BCUT2D eigenvalue weighted by molar-refractivity contribution is 5.67. The molecule has 2 aliphatic rings. The smallest absolute Gasteiger partial charge is 0.181 e. The van der Waals surface area contributed by atoms with Gasteiger partial charge < -0.3 is 4.90 Å². The first-order valence-corrected chi connectivity index (χ1v) is 5.16. The monoisotopic (exact) mass is 210 g/mol. The average Bonchev–Trinajstić information content (AvgIpc) is 2.38. The molecular formula is C13H10N2O. The van der Waals surface area contributed by atoms with Crippen molar-refractivity contribution in [2.24, 2.45) is 4.99 Å². The van der Waals surface area contributed by atoms with Gasteiger partial charge in [0.1, 0.15) is 0 Å². The maximum Gasteiger partial charge on any atom is 0.181 e. The molecular weight excluding hydrogens is 200 g/mol. The van der Waals surface area contributed by atoms with Crippen LogP contribution in [0.25, 0.3) is 5.70 Å². The fourth-order valence-electron chi connectivity index (χ4n) is 2.02. The van der Waals surface area contributed by atoms with Crippen LogP contribution in [0.1, 0.15) is 0 Å². The molecule has 0 saturated heterocycles. The van der Waals surface area contributed by atoms with E-state index in [1.54, 1.807) is 0 Å². The minimum Gasteiger partial charge on any atom is -0.319 e. The summed E-state index contributed by atoms with van der Waals surface area (Å²) in [5, 5.41) is 1.95. The van der Waals surface area contributed by atoms with Gasteiger partial charge in [-0.25, -0.2) is 0 Å². The Hall–Kier alpha value is -2.16. The molecule has 1 unspecified atom stereocenters. The molecule has 16 heavy (non-hydrogen) atoms. The fraction of sp³-hybridized carbons (Fsp3) is 0.0769. The highest BCUT2D eigenvalue weighted by atomic mass is 16.1. The molecule has 3 nitrogen and oxygen atoms in total. The Balaban J connectivity index is 2.38. The van der Waals surface area contributed by atoms with Crippen molar-refractivity contribution in [2.75, 3.05) is 0 Å². The van der Waals surface area contributed by atoms with Gasteiger partial charge in [0.25, 0.3) is 0 Å². The van der Waals surface area contributed by atoms with Crippen LogP contribution in [-0.4, -0.2) is 17.4 Å². The van der Waals surface area contributed by atoms with Crippen molar-refractivity contribution in [1.82, 2.24) is 4.90 Å². The minimum absolute atomic E-state index is 0.439. The predicted molar refractivity (Wildman–Crippen MR) is 60.6 cm³/mol. The molecule has 2 aliphatic heterocycles. The minimum atomic E-state index is -0.439. The lowest BCUT2D eigenvalue weighted by atomic mass is 10.1. The van der Waals surface area contributed by atoms with Crippen molar-refractivity contribution in [3.63, 3.8) is 0 Å². The summed E-state index contributed by atoms with van der Waals surface area (Å²) in [5.41, 5.74) is 1.03. The largest absolute Gasteiger partial charge is 0.319 e. The molecule has 1 aromatic carbocycles. The van der Waals surface area contributed by atoms with E-state index in [0.717, 1.165) is 22.6 Å². The van der Waals surface area contributed by atoms with Crippen LogP contribution in [0.4, 0.5) is 0 Å². The first kappa shape index (κ1) is 9.09. The third-order valence-corrected chi connectivity index (χ3v) is 2.75. The van der Waals surface area contributed by atoms with Crippen LogP contribution < -0.4 is 10.6 Å². The summed E-state index contributed by atoms with van der Waals surface area (Å²) < 4.78 is 0. The molecule has 0 aliphatic carbocycles. The Morgan fingerprint density at radius 1 is 1.25 bits per heavy atom. The molecule has 0 fully saturated rings. The zero-order valence-corrected chi connectivity index (χ0v) is 8.58. The molecule has 1 aromatic rings. The number of hydrogen-bond acceptors (Lipinski definition) is 3. The van der Waals surface area contributed by atoms with Gasteiger partial charge in [-0.1, -0.05) is 24.3 Å². The Bertz CT molecular complexity index is 613. The standard InChI is InChI=1S/C13H10N2O/c16-9-13-14-11-6-2-1-5-10(11)12-7-3-4-8-15(12)13/h1-9,13H. The molecule has 3 heteroatoms. The fourth-order valence-corrected chi connectivity index (χ4v) is 2.02. The number of benzene rings is 1. The Morgan fingerprint density at radius 2 is 2.12 bits per heavy atom. The number of para-hydroxylation sites is 1. The van der Waals surface area contributed by atoms with Gasteiger partial charge >= 0.3 is 0 Å². The van der Waals surface area contributed by atoms with E-state index in [1.807, 2.05) is 53.6 Å². The predicted octanol–water partition coefficient (Wildman–Crippen LogP) is 0.339. The van der Waals surface area contributed by atoms with Crippen LogP contribution in [0, 0.1) is 0 Å². The van der Waals surface area contributed by atoms with Gasteiger partial charge in [0.2, 0.25) is 0 Å². The van der Waals surface area contributed by atoms with E-state index in [9.17, 15) is 4.79 Å². The number of nitrogens with zero attached hydrogens (tertiary/aromatic N) is 2. The average molecular weight is 210 g/mol. The number of aldehydes is 1. The summed E-state index contributed by atoms with van der Waals surface area (Å²) in [6.45, 7) is 0. The van der Waals surface area contributed by atoms with Crippen LogP contribution >= 0.6 is 0 Å². The molecule has 0 spiro atoms. The van der Waals surface area contributed by atoms with Crippen LogP contribution in [-0.2, 0) is 4.79 Å². The Morgan fingerprint density at radius 3 is 3.00 bits per heavy atom. The van der Waals surface area contributed by atoms with Gasteiger partial charge in [-0.15, -0.1) is 0 Å². The van der Waals surface area contributed by atoms with E-state index in [4.69, 9.17) is 0 Å². The lowest BCUT2D eigenvalue weighted by Gasteiger charge is -2.29. The number of carbonyl (C=O) groups excluding carboxylic acids is 1. The Labute approximate surface area is 92.7 Å². The van der Waals surface area contributed by atoms with Gasteiger partial charge in [0.15, 0.2) is 12.5 Å². The summed E-state index contributed by atoms with van der Waals surface area (Å²) in [7, 11) is 0. The zero-order chi connectivity index (χ0) is 11.0. The molecule has 0 aromatic heterocycles. The summed E-state index contributed by atoms with van der Waals surface area (Å²) in [5.74, 6) is 0. The topological polar surface area (TPSA) is 32.7 Å². The molecule has 0 saturated carbocycles. The van der Waals surface area contributed by atoms with Gasteiger partial charge in [-0.2, -0.15) is 0 Å². The zero-order valence-electron chi connectivity index (χ0n) is 8.58. The molecule has 0 N–H and O–H groups in total. The quantitative estimate of drug-likeness (QED) is 0.626. The molecule has 0 radical (unpaired) electrons. The van der Waals surface area contributed by atoms with Gasteiger partial charge in [-0.3, -0.25) is 9.79 Å². The van der Waals surface area contributed by atoms with Crippen molar-refractivity contribution in [3.8, 4) is 0 Å². The second-order valence-electron chi connectivity index (χ2n) is 3.69. The van der Waals surface area contributed by atoms with Gasteiger partial charge in [0.05, 0.1) is 11.1 Å². The lowest BCUT2D eigenvalue weighted by Crippen LogP contribution is -2.44. The second kappa shape index (κ2) is 3.45. The molecule has 78 valence electrons. The highest BCUT2D eigenvalue weighted by Crippen LogP contribution is 2.16. The van der Waals surface area contributed by atoms with Crippen LogP contribution in [0.2, 0.25) is 0 Å². The van der Waals surface area contributed by atoms with E-state index in [2.05, 4.69) is 4.99 Å². The number of rotatable bonds is 1. The van der Waals surface area contributed by atoms with Crippen molar-refractivity contribution < 1.29 is 4.79 Å². The maximum atomic E-state index is 11.0. The Kier molecular flexibility index (Phi) is 1.96. The lowest BCUT2D eigenvalue weighted by molar-refractivity contribution is -0.110. The van der Waals surface area contributed by atoms with E-state index in [-0.39, 0.29) is 0 Å². The maximum absolute atomic E-state index is 11.0. The third-order valence-electron chi connectivity index (χ3n) is 2.75. The van der Waals surface area contributed by atoms with Gasteiger partial charge in [0, 0.05) is 11.4 Å². The van der Waals surface area contributed by atoms with Crippen molar-refractivity contribution in [2.45, 2.75) is 6.17 Å². The summed E-state index contributed by atoms with van der Waals surface area (Å²) in [6, 6.07) is 7.86. The molecule has 0 amide bonds. The molecule has 3 rings (SSSR count). The van der Waals surface area contributed by atoms with Gasteiger partial charge in [-0.05, 0) is 18.2 Å². The van der Waals surface area contributed by atoms with E-state index >= 15 is 0 Å². The summed E-state index contributed by atoms with van der Waals surface area (Å²) >= 11 is 0. The van der Waals surface area contributed by atoms with Crippen LogP contribution in [0.3, 0.4) is 0 Å². The molecule has 1 atom stereocenters.